The SMILES string of the molecule is Cc1nn(-c2nccc(-c3cc(Nc4ccc(N5CCN(C6COC6)C[C@@H]5C)cn4)c(=O)n(C)c3)c2CO)c(=O)c2cc3c(n12)CC(C)(C)C3. The van der Waals surface area contributed by atoms with Crippen molar-refractivity contribution in [3.8, 4) is 16.9 Å². The fraction of sp³-hybridized carbons (Fsp3) is 0.432. The predicted molar refractivity (Wildman–Crippen MR) is 192 cm³/mol. The first-order valence-corrected chi connectivity index (χ1v) is 17.3. The Morgan fingerprint density at radius 3 is 2.58 bits per heavy atom. The monoisotopic (exact) mass is 677 g/mol. The van der Waals surface area contributed by atoms with Crippen LogP contribution in [-0.4, -0.2) is 83.7 Å². The second kappa shape index (κ2) is 12.2. The molecule has 1 aliphatic carbocycles. The Bertz CT molecular complexity index is 2230. The van der Waals surface area contributed by atoms with Crippen LogP contribution in [0.3, 0.4) is 0 Å². The largest absolute Gasteiger partial charge is 0.392 e. The van der Waals surface area contributed by atoms with Crippen LogP contribution in [0, 0.1) is 12.3 Å². The van der Waals surface area contributed by atoms with Crippen LogP contribution in [0.2, 0.25) is 0 Å². The van der Waals surface area contributed by atoms with E-state index in [1.54, 1.807) is 31.6 Å². The molecule has 1 atom stereocenters. The fourth-order valence-corrected chi connectivity index (χ4v) is 7.93. The number of aryl methyl sites for hydroxylation is 2. The molecule has 8 rings (SSSR count). The highest BCUT2D eigenvalue weighted by Crippen LogP contribution is 2.38. The molecule has 0 bridgehead atoms. The van der Waals surface area contributed by atoms with Crippen molar-refractivity contribution >= 4 is 22.7 Å². The number of fused-ring (bicyclic) bond motifs is 3. The highest BCUT2D eigenvalue weighted by Gasteiger charge is 2.34. The molecule has 2 N–H and O–H groups in total. The minimum atomic E-state index is -0.391. The quantitative estimate of drug-likeness (QED) is 0.265. The van der Waals surface area contributed by atoms with Gasteiger partial charge in [-0.05, 0) is 73.6 Å². The Morgan fingerprint density at radius 2 is 1.88 bits per heavy atom. The third-order valence-electron chi connectivity index (χ3n) is 10.5. The average Bonchev–Trinajstić information content (AvgIpc) is 3.56. The first kappa shape index (κ1) is 32.4. The molecule has 13 nitrogen and oxygen atoms in total. The first-order chi connectivity index (χ1) is 24.0. The summed E-state index contributed by atoms with van der Waals surface area (Å²) in [5, 5.41) is 18.6. The Balaban J connectivity index is 1.09. The number of aromatic nitrogens is 6. The summed E-state index contributed by atoms with van der Waals surface area (Å²) in [4.78, 5) is 41.3. The fourth-order valence-electron chi connectivity index (χ4n) is 7.93. The van der Waals surface area contributed by atoms with Gasteiger partial charge in [0.05, 0.1) is 37.7 Å². The van der Waals surface area contributed by atoms with E-state index in [0.29, 0.717) is 51.6 Å². The number of nitrogens with zero attached hydrogens (tertiary/aromatic N) is 8. The molecule has 50 heavy (non-hydrogen) atoms. The van der Waals surface area contributed by atoms with E-state index >= 15 is 0 Å². The summed E-state index contributed by atoms with van der Waals surface area (Å²) < 4.78 is 10.1. The molecule has 0 amide bonds. The Labute approximate surface area is 289 Å². The molecule has 13 heteroatoms. The molecule has 5 aromatic rings. The van der Waals surface area contributed by atoms with Gasteiger partial charge in [0.15, 0.2) is 5.82 Å². The lowest BCUT2D eigenvalue weighted by Crippen LogP contribution is -2.59. The molecule has 7 heterocycles. The molecule has 0 saturated carbocycles. The zero-order chi connectivity index (χ0) is 34.9. The van der Waals surface area contributed by atoms with Crippen molar-refractivity contribution < 1.29 is 9.84 Å². The van der Waals surface area contributed by atoms with E-state index < -0.39 is 6.61 Å². The third kappa shape index (κ3) is 5.49. The number of piperazine rings is 1. The van der Waals surface area contributed by atoms with E-state index in [1.165, 1.54) is 14.8 Å². The van der Waals surface area contributed by atoms with Crippen molar-refractivity contribution in [2.75, 3.05) is 43.1 Å². The van der Waals surface area contributed by atoms with Crippen LogP contribution in [0.4, 0.5) is 17.2 Å². The number of hydrogen-bond donors (Lipinski definition) is 2. The molecule has 260 valence electrons. The minimum Gasteiger partial charge on any atom is -0.392 e. The van der Waals surface area contributed by atoms with Crippen LogP contribution in [0.15, 0.2) is 58.5 Å². The van der Waals surface area contributed by atoms with E-state index in [1.807, 2.05) is 35.7 Å². The second-order valence-corrected chi connectivity index (χ2v) is 14.8. The molecule has 0 spiro atoms. The number of anilines is 3. The Kier molecular flexibility index (Phi) is 7.88. The minimum absolute atomic E-state index is 0.135. The zero-order valence-corrected chi connectivity index (χ0v) is 29.2. The van der Waals surface area contributed by atoms with Crippen molar-refractivity contribution in [2.24, 2.45) is 12.5 Å². The van der Waals surface area contributed by atoms with Gasteiger partial charge in [-0.25, -0.2) is 9.97 Å². The highest BCUT2D eigenvalue weighted by atomic mass is 16.5. The van der Waals surface area contributed by atoms with Gasteiger partial charge in [-0.3, -0.25) is 18.9 Å². The highest BCUT2D eigenvalue weighted by molar-refractivity contribution is 5.73. The van der Waals surface area contributed by atoms with Gasteiger partial charge in [0.2, 0.25) is 0 Å². The van der Waals surface area contributed by atoms with Gasteiger partial charge in [0.25, 0.3) is 11.1 Å². The average molecular weight is 678 g/mol. The summed E-state index contributed by atoms with van der Waals surface area (Å²) in [5.74, 6) is 1.46. The number of nitrogens with one attached hydrogen (secondary N) is 1. The predicted octanol–water partition coefficient (Wildman–Crippen LogP) is 3.22. The smallest absolute Gasteiger partial charge is 0.297 e. The van der Waals surface area contributed by atoms with Crippen molar-refractivity contribution in [2.45, 2.75) is 59.2 Å². The van der Waals surface area contributed by atoms with Crippen LogP contribution in [-0.2, 0) is 31.2 Å². The van der Waals surface area contributed by atoms with E-state index in [0.717, 1.165) is 57.1 Å². The van der Waals surface area contributed by atoms with Gasteiger partial charge in [-0.1, -0.05) is 13.8 Å². The number of ether oxygens (including phenoxy) is 1. The molecule has 2 fully saturated rings. The van der Waals surface area contributed by atoms with Gasteiger partial charge in [0, 0.05) is 61.9 Å². The summed E-state index contributed by atoms with van der Waals surface area (Å²) >= 11 is 0. The van der Waals surface area contributed by atoms with E-state index in [4.69, 9.17) is 4.74 Å². The van der Waals surface area contributed by atoms with Crippen LogP contribution in [0.5, 0.6) is 0 Å². The van der Waals surface area contributed by atoms with Gasteiger partial charge in [-0.15, -0.1) is 5.10 Å². The Morgan fingerprint density at radius 1 is 1.06 bits per heavy atom. The zero-order valence-electron chi connectivity index (χ0n) is 29.2. The number of pyridine rings is 3. The van der Waals surface area contributed by atoms with E-state index in [9.17, 15) is 14.7 Å². The summed E-state index contributed by atoms with van der Waals surface area (Å²) in [6, 6.07) is 10.3. The lowest BCUT2D eigenvalue weighted by molar-refractivity contribution is -0.0691. The van der Waals surface area contributed by atoms with Gasteiger partial charge < -0.3 is 24.6 Å². The third-order valence-corrected chi connectivity index (χ3v) is 10.5. The molecular weight excluding hydrogens is 634 g/mol. The van der Waals surface area contributed by atoms with Crippen LogP contribution >= 0.6 is 0 Å². The van der Waals surface area contributed by atoms with E-state index in [2.05, 4.69) is 51.0 Å². The second-order valence-electron chi connectivity index (χ2n) is 14.8. The lowest BCUT2D eigenvalue weighted by Gasteiger charge is -2.46. The number of aliphatic hydroxyl groups is 1. The van der Waals surface area contributed by atoms with Crippen LogP contribution in [0.25, 0.3) is 22.5 Å². The van der Waals surface area contributed by atoms with Crippen LogP contribution < -0.4 is 21.3 Å². The van der Waals surface area contributed by atoms with Crippen molar-refractivity contribution in [3.63, 3.8) is 0 Å². The molecule has 5 aromatic heterocycles. The van der Waals surface area contributed by atoms with Crippen LogP contribution in [0.1, 0.15) is 43.4 Å². The van der Waals surface area contributed by atoms with E-state index in [-0.39, 0.29) is 22.4 Å². The number of aliphatic hydroxyl groups excluding tert-OH is 1. The maximum atomic E-state index is 13.9. The summed E-state index contributed by atoms with van der Waals surface area (Å²) in [6.45, 7) is 12.7. The number of rotatable bonds is 7. The molecule has 0 radical (unpaired) electrons. The topological polar surface area (TPSA) is 135 Å². The standard InChI is InChI=1S/C37H43N9O4/c1-22-17-43(27-20-50-21-27)10-11-44(22)26-6-7-33(39-16-26)40-30-12-25(18-42(5)35(30)48)28-8-9-38-34(29(28)19-47)46-36(49)31-13-24-14-37(3,4)15-32(24)45(31)23(2)41-46/h6-9,12-13,16,18,22,27,47H,10-11,14-15,17,19-21H2,1-5H3,(H,39,40)/t22-/m0/s1. The first-order valence-electron chi connectivity index (χ1n) is 17.3. The summed E-state index contributed by atoms with van der Waals surface area (Å²) in [6.07, 6.45) is 6.92. The van der Waals surface area contributed by atoms with Gasteiger partial charge >= 0.3 is 0 Å². The van der Waals surface area contributed by atoms with Crippen molar-refractivity contribution in [1.29, 1.82) is 0 Å². The molecule has 0 aromatic carbocycles. The normalized spacial score (nSPS) is 19.2. The van der Waals surface area contributed by atoms with Crippen molar-refractivity contribution in [1.82, 2.24) is 33.6 Å². The van der Waals surface area contributed by atoms with Gasteiger partial charge in [0.1, 0.15) is 22.8 Å². The summed E-state index contributed by atoms with van der Waals surface area (Å²) in [7, 11) is 1.68. The lowest BCUT2D eigenvalue weighted by atomic mass is 9.90. The van der Waals surface area contributed by atoms with Gasteiger partial charge in [-0.2, -0.15) is 4.68 Å². The summed E-state index contributed by atoms with van der Waals surface area (Å²) in [5.41, 5.74) is 5.54. The number of hydrogen-bond acceptors (Lipinski definition) is 10. The molecule has 3 aliphatic rings. The maximum absolute atomic E-state index is 13.9. The Hall–Kier alpha value is -4.85. The molecular formula is C37H43N9O4. The van der Waals surface area contributed by atoms with Crippen molar-refractivity contribution in [3.05, 3.63) is 92.3 Å². The maximum Gasteiger partial charge on any atom is 0.297 e. The molecule has 2 saturated heterocycles. The molecule has 2 aliphatic heterocycles. The molecule has 0 unspecified atom stereocenters.